The van der Waals surface area contributed by atoms with Gasteiger partial charge in [0.2, 0.25) is 0 Å². The SMILES string of the molecule is CCNCc1ccc(COc2cc(C)ccc2C)c(Br)c1. The molecule has 1 N–H and O–H groups in total. The largest absolute Gasteiger partial charge is 0.489 e. The van der Waals surface area contributed by atoms with Crippen molar-refractivity contribution in [2.75, 3.05) is 6.54 Å². The van der Waals surface area contributed by atoms with Gasteiger partial charge in [0, 0.05) is 16.6 Å². The van der Waals surface area contributed by atoms with Gasteiger partial charge in [-0.2, -0.15) is 0 Å². The van der Waals surface area contributed by atoms with Crippen molar-refractivity contribution in [1.29, 1.82) is 0 Å². The molecular formula is C18H22BrNO. The molecule has 0 saturated carbocycles. The number of halogens is 1. The van der Waals surface area contributed by atoms with Gasteiger partial charge in [0.1, 0.15) is 12.4 Å². The maximum Gasteiger partial charge on any atom is 0.122 e. The molecule has 0 unspecified atom stereocenters. The molecule has 21 heavy (non-hydrogen) atoms. The fourth-order valence-corrected chi connectivity index (χ4v) is 2.65. The van der Waals surface area contributed by atoms with Crippen molar-refractivity contribution in [3.63, 3.8) is 0 Å². The molecule has 0 aromatic heterocycles. The third-order valence-corrected chi connectivity index (χ3v) is 4.16. The van der Waals surface area contributed by atoms with Crippen molar-refractivity contribution in [2.45, 2.75) is 33.9 Å². The number of aryl methyl sites for hydroxylation is 2. The molecule has 0 heterocycles. The molecule has 112 valence electrons. The minimum Gasteiger partial charge on any atom is -0.489 e. The molecule has 2 nitrogen and oxygen atoms in total. The Morgan fingerprint density at radius 2 is 1.90 bits per heavy atom. The van der Waals surface area contributed by atoms with Crippen LogP contribution in [0.25, 0.3) is 0 Å². The third-order valence-electron chi connectivity index (χ3n) is 3.42. The lowest BCUT2D eigenvalue weighted by Crippen LogP contribution is -2.11. The molecule has 0 aliphatic carbocycles. The van der Waals surface area contributed by atoms with Crippen LogP contribution in [0, 0.1) is 13.8 Å². The lowest BCUT2D eigenvalue weighted by Gasteiger charge is -2.12. The summed E-state index contributed by atoms with van der Waals surface area (Å²) in [6.07, 6.45) is 0. The van der Waals surface area contributed by atoms with Gasteiger partial charge in [-0.1, -0.05) is 47.1 Å². The second-order valence-corrected chi connectivity index (χ2v) is 6.12. The number of nitrogens with one attached hydrogen (secondary N) is 1. The standard InChI is InChI=1S/C18H22BrNO/c1-4-20-11-15-7-8-16(17(19)10-15)12-21-18-9-13(2)5-6-14(18)3/h5-10,20H,4,11-12H2,1-3H3. The van der Waals surface area contributed by atoms with Crippen LogP contribution in [-0.2, 0) is 13.2 Å². The lowest BCUT2D eigenvalue weighted by atomic mass is 10.1. The van der Waals surface area contributed by atoms with E-state index in [1.54, 1.807) is 0 Å². The van der Waals surface area contributed by atoms with Gasteiger partial charge in [-0.05, 0) is 49.2 Å². The Labute approximate surface area is 135 Å². The van der Waals surface area contributed by atoms with Gasteiger partial charge in [-0.15, -0.1) is 0 Å². The summed E-state index contributed by atoms with van der Waals surface area (Å²) in [6.45, 7) is 8.72. The molecule has 0 aliphatic heterocycles. The summed E-state index contributed by atoms with van der Waals surface area (Å²) in [6, 6.07) is 12.7. The first kappa shape index (κ1) is 16.1. The minimum atomic E-state index is 0.576. The Kier molecular flexibility index (Phi) is 5.83. The van der Waals surface area contributed by atoms with Crippen LogP contribution in [0.3, 0.4) is 0 Å². The van der Waals surface area contributed by atoms with E-state index >= 15 is 0 Å². The zero-order valence-electron chi connectivity index (χ0n) is 12.9. The van der Waals surface area contributed by atoms with Crippen LogP contribution in [0.4, 0.5) is 0 Å². The zero-order chi connectivity index (χ0) is 15.2. The van der Waals surface area contributed by atoms with E-state index in [-0.39, 0.29) is 0 Å². The molecule has 2 aromatic carbocycles. The van der Waals surface area contributed by atoms with Gasteiger partial charge in [-0.25, -0.2) is 0 Å². The van der Waals surface area contributed by atoms with Gasteiger partial charge in [0.25, 0.3) is 0 Å². The summed E-state index contributed by atoms with van der Waals surface area (Å²) in [4.78, 5) is 0. The van der Waals surface area contributed by atoms with Gasteiger partial charge < -0.3 is 10.1 Å². The van der Waals surface area contributed by atoms with E-state index in [9.17, 15) is 0 Å². The Morgan fingerprint density at radius 3 is 2.62 bits per heavy atom. The summed E-state index contributed by atoms with van der Waals surface area (Å²) in [5.74, 6) is 0.957. The first-order valence-corrected chi connectivity index (χ1v) is 8.07. The first-order valence-electron chi connectivity index (χ1n) is 7.28. The van der Waals surface area contributed by atoms with Gasteiger partial charge in [0.05, 0.1) is 0 Å². The minimum absolute atomic E-state index is 0.576. The Balaban J connectivity index is 2.04. The van der Waals surface area contributed by atoms with E-state index in [0.717, 1.165) is 28.9 Å². The highest BCUT2D eigenvalue weighted by Crippen LogP contribution is 2.24. The van der Waals surface area contributed by atoms with Crippen LogP contribution in [0.5, 0.6) is 5.75 Å². The van der Waals surface area contributed by atoms with Gasteiger partial charge in [0.15, 0.2) is 0 Å². The summed E-state index contributed by atoms with van der Waals surface area (Å²) in [5.41, 5.74) is 4.83. The Hall–Kier alpha value is -1.32. The molecule has 0 spiro atoms. The second kappa shape index (κ2) is 7.62. The average molecular weight is 348 g/mol. The molecule has 0 saturated heterocycles. The summed E-state index contributed by atoms with van der Waals surface area (Å²) in [7, 11) is 0. The highest BCUT2D eigenvalue weighted by molar-refractivity contribution is 9.10. The van der Waals surface area contributed by atoms with Crippen molar-refractivity contribution in [3.8, 4) is 5.75 Å². The lowest BCUT2D eigenvalue weighted by molar-refractivity contribution is 0.303. The molecule has 0 bridgehead atoms. The van der Waals surface area contributed by atoms with E-state index in [1.165, 1.54) is 16.7 Å². The van der Waals surface area contributed by atoms with Crippen LogP contribution < -0.4 is 10.1 Å². The molecule has 0 radical (unpaired) electrons. The fourth-order valence-electron chi connectivity index (χ4n) is 2.11. The van der Waals surface area contributed by atoms with E-state index in [4.69, 9.17) is 4.74 Å². The van der Waals surface area contributed by atoms with E-state index < -0.39 is 0 Å². The van der Waals surface area contributed by atoms with Crippen molar-refractivity contribution >= 4 is 15.9 Å². The van der Waals surface area contributed by atoms with E-state index in [0.29, 0.717) is 6.61 Å². The second-order valence-electron chi connectivity index (χ2n) is 5.26. The predicted molar refractivity (Wildman–Crippen MR) is 91.8 cm³/mol. The number of hydrogen-bond acceptors (Lipinski definition) is 2. The van der Waals surface area contributed by atoms with Crippen molar-refractivity contribution < 1.29 is 4.74 Å². The van der Waals surface area contributed by atoms with Crippen molar-refractivity contribution in [1.82, 2.24) is 5.32 Å². The molecule has 3 heteroatoms. The Morgan fingerprint density at radius 1 is 1.10 bits per heavy atom. The predicted octanol–water partition coefficient (Wildman–Crippen LogP) is 4.75. The van der Waals surface area contributed by atoms with E-state index in [1.807, 2.05) is 0 Å². The van der Waals surface area contributed by atoms with Crippen LogP contribution in [0.1, 0.15) is 29.2 Å². The maximum atomic E-state index is 5.96. The summed E-state index contributed by atoms with van der Waals surface area (Å²) >= 11 is 3.64. The number of benzene rings is 2. The molecule has 2 rings (SSSR count). The monoisotopic (exact) mass is 347 g/mol. The van der Waals surface area contributed by atoms with Crippen LogP contribution in [0.15, 0.2) is 40.9 Å². The van der Waals surface area contributed by atoms with Gasteiger partial charge in [-0.3, -0.25) is 0 Å². The first-order chi connectivity index (χ1) is 10.1. The summed E-state index contributed by atoms with van der Waals surface area (Å²) in [5, 5.41) is 3.33. The molecule has 0 fully saturated rings. The maximum absolute atomic E-state index is 5.96. The smallest absolute Gasteiger partial charge is 0.122 e. The highest BCUT2D eigenvalue weighted by atomic mass is 79.9. The number of hydrogen-bond donors (Lipinski definition) is 1. The molecule has 0 atom stereocenters. The third kappa shape index (κ3) is 4.58. The number of ether oxygens (including phenoxy) is 1. The number of rotatable bonds is 6. The zero-order valence-corrected chi connectivity index (χ0v) is 14.5. The van der Waals surface area contributed by atoms with Crippen LogP contribution in [0.2, 0.25) is 0 Å². The molecule has 2 aromatic rings. The quantitative estimate of drug-likeness (QED) is 0.813. The molecular weight excluding hydrogens is 326 g/mol. The molecule has 0 amide bonds. The van der Waals surface area contributed by atoms with Crippen LogP contribution in [-0.4, -0.2) is 6.54 Å². The van der Waals surface area contributed by atoms with E-state index in [2.05, 4.69) is 78.4 Å². The van der Waals surface area contributed by atoms with Crippen LogP contribution >= 0.6 is 15.9 Å². The average Bonchev–Trinajstić information content (AvgIpc) is 2.47. The topological polar surface area (TPSA) is 21.3 Å². The summed E-state index contributed by atoms with van der Waals surface area (Å²) < 4.78 is 7.06. The Bertz CT molecular complexity index is 610. The fraction of sp³-hybridized carbons (Fsp3) is 0.333. The normalized spacial score (nSPS) is 10.7. The van der Waals surface area contributed by atoms with Gasteiger partial charge >= 0.3 is 0 Å². The van der Waals surface area contributed by atoms with Crippen molar-refractivity contribution in [2.24, 2.45) is 0 Å². The van der Waals surface area contributed by atoms with Crippen molar-refractivity contribution in [3.05, 3.63) is 63.1 Å². The molecule has 0 aliphatic rings. The highest BCUT2D eigenvalue weighted by Gasteiger charge is 2.05.